The molecule has 0 amide bonds. The third kappa shape index (κ3) is 5.54. The Hall–Kier alpha value is -2.96. The van der Waals surface area contributed by atoms with Gasteiger partial charge >= 0.3 is 0 Å². The van der Waals surface area contributed by atoms with E-state index in [0.29, 0.717) is 22.8 Å². The molecule has 0 aliphatic rings. The van der Waals surface area contributed by atoms with Gasteiger partial charge in [0.25, 0.3) is 5.92 Å². The Morgan fingerprint density at radius 1 is 1.19 bits per heavy atom. The number of alkyl halides is 2. The van der Waals surface area contributed by atoms with Crippen LogP contribution < -0.4 is 4.74 Å². The van der Waals surface area contributed by atoms with E-state index in [1.165, 1.54) is 24.5 Å². The van der Waals surface area contributed by atoms with Crippen LogP contribution in [-0.4, -0.2) is 15.9 Å². The molecule has 0 N–H and O–H groups in total. The summed E-state index contributed by atoms with van der Waals surface area (Å²) in [6, 6.07) is 2.61. The maximum atomic E-state index is 13.4. The highest BCUT2D eigenvalue weighted by atomic mass is 19.3. The van der Waals surface area contributed by atoms with Gasteiger partial charge < -0.3 is 4.74 Å². The van der Waals surface area contributed by atoms with Crippen molar-refractivity contribution in [3.05, 3.63) is 71.7 Å². The van der Waals surface area contributed by atoms with Crippen LogP contribution in [-0.2, 0) is 5.92 Å². The summed E-state index contributed by atoms with van der Waals surface area (Å²) in [6.45, 7) is 4.07. The van der Waals surface area contributed by atoms with Gasteiger partial charge in [0.1, 0.15) is 17.3 Å². The van der Waals surface area contributed by atoms with E-state index >= 15 is 0 Å². The van der Waals surface area contributed by atoms with Crippen LogP contribution in [0.4, 0.5) is 13.2 Å². The highest BCUT2D eigenvalue weighted by molar-refractivity contribution is 5.76. The summed E-state index contributed by atoms with van der Waals surface area (Å²) < 4.78 is 44.9. The maximum absolute atomic E-state index is 13.4. The van der Waals surface area contributed by atoms with Gasteiger partial charge in [-0.05, 0) is 36.3 Å². The van der Waals surface area contributed by atoms with Crippen molar-refractivity contribution in [2.45, 2.75) is 26.7 Å². The Balaban J connectivity index is 1.94. The summed E-state index contributed by atoms with van der Waals surface area (Å²) in [6.07, 6.45) is 10.5. The number of aromatic nitrogens is 2. The minimum atomic E-state index is -2.99. The van der Waals surface area contributed by atoms with Gasteiger partial charge in [-0.15, -0.1) is 0 Å². The molecule has 0 saturated heterocycles. The third-order valence-electron chi connectivity index (χ3n) is 3.37. The van der Waals surface area contributed by atoms with E-state index in [2.05, 4.69) is 15.0 Å². The minimum absolute atomic E-state index is 0.310. The predicted molar refractivity (Wildman–Crippen MR) is 94.6 cm³/mol. The SMILES string of the molecule is CC(=N/C=C\C=C\c1cncc(F)c1C)Oc1ccc(C(C)(F)F)nc1. The van der Waals surface area contributed by atoms with E-state index in [0.717, 1.165) is 13.1 Å². The molecule has 4 nitrogen and oxygen atoms in total. The number of pyridine rings is 2. The molecular weight excluding hydrogens is 343 g/mol. The second kappa shape index (κ2) is 8.42. The van der Waals surface area contributed by atoms with E-state index in [4.69, 9.17) is 4.74 Å². The number of hydrogen-bond acceptors (Lipinski definition) is 4. The van der Waals surface area contributed by atoms with Crippen LogP contribution in [0.25, 0.3) is 6.08 Å². The van der Waals surface area contributed by atoms with Crippen molar-refractivity contribution in [1.29, 1.82) is 0 Å². The number of ether oxygens (including phenoxy) is 1. The summed E-state index contributed by atoms with van der Waals surface area (Å²) >= 11 is 0. The number of hydrogen-bond donors (Lipinski definition) is 0. The van der Waals surface area contributed by atoms with Crippen LogP contribution >= 0.6 is 0 Å². The lowest BCUT2D eigenvalue weighted by molar-refractivity contribution is 0.0127. The second-order valence-electron chi connectivity index (χ2n) is 5.55. The molecule has 0 unspecified atom stereocenters. The fourth-order valence-electron chi connectivity index (χ4n) is 1.94. The molecule has 136 valence electrons. The summed E-state index contributed by atoms with van der Waals surface area (Å²) in [5.74, 6) is -2.73. The number of rotatable bonds is 5. The molecule has 0 spiro atoms. The van der Waals surface area contributed by atoms with Gasteiger partial charge in [-0.2, -0.15) is 8.78 Å². The molecule has 0 bridgehead atoms. The van der Waals surface area contributed by atoms with Gasteiger partial charge in [0, 0.05) is 26.2 Å². The summed E-state index contributed by atoms with van der Waals surface area (Å²) in [4.78, 5) is 11.5. The van der Waals surface area contributed by atoms with Crippen molar-refractivity contribution in [3.63, 3.8) is 0 Å². The average Bonchev–Trinajstić information content (AvgIpc) is 2.58. The third-order valence-corrected chi connectivity index (χ3v) is 3.37. The quantitative estimate of drug-likeness (QED) is 0.425. The highest BCUT2D eigenvalue weighted by Gasteiger charge is 2.25. The molecule has 7 heteroatoms. The normalized spacial score (nSPS) is 12.9. The Labute approximate surface area is 149 Å². The van der Waals surface area contributed by atoms with Gasteiger partial charge in [0.15, 0.2) is 5.90 Å². The fourth-order valence-corrected chi connectivity index (χ4v) is 1.94. The van der Waals surface area contributed by atoms with E-state index < -0.39 is 5.92 Å². The lowest BCUT2D eigenvalue weighted by atomic mass is 10.1. The molecule has 0 atom stereocenters. The Kier molecular flexibility index (Phi) is 6.27. The van der Waals surface area contributed by atoms with E-state index in [-0.39, 0.29) is 11.5 Å². The first-order chi connectivity index (χ1) is 12.3. The Bertz CT molecular complexity index is 838. The lowest BCUT2D eigenvalue weighted by Gasteiger charge is -2.10. The van der Waals surface area contributed by atoms with Gasteiger partial charge in [0.05, 0.1) is 12.4 Å². The number of halogens is 3. The lowest BCUT2D eigenvalue weighted by Crippen LogP contribution is -2.10. The summed E-state index contributed by atoms with van der Waals surface area (Å²) in [5.41, 5.74) is 0.860. The van der Waals surface area contributed by atoms with Crippen LogP contribution in [0.2, 0.25) is 0 Å². The van der Waals surface area contributed by atoms with Crippen LogP contribution in [0.1, 0.15) is 30.7 Å². The van der Waals surface area contributed by atoms with Crippen LogP contribution in [0, 0.1) is 12.7 Å². The van der Waals surface area contributed by atoms with Crippen LogP contribution in [0.5, 0.6) is 5.75 Å². The zero-order chi connectivity index (χ0) is 19.2. The molecule has 0 radical (unpaired) electrons. The van der Waals surface area contributed by atoms with Gasteiger partial charge in [-0.3, -0.25) is 9.97 Å². The van der Waals surface area contributed by atoms with Gasteiger partial charge in [-0.1, -0.05) is 12.2 Å². The molecule has 26 heavy (non-hydrogen) atoms. The van der Waals surface area contributed by atoms with E-state index in [9.17, 15) is 13.2 Å². The van der Waals surface area contributed by atoms with Crippen molar-refractivity contribution >= 4 is 12.0 Å². The minimum Gasteiger partial charge on any atom is -0.442 e. The van der Waals surface area contributed by atoms with Gasteiger partial charge in [0.2, 0.25) is 0 Å². The number of allylic oxidation sites excluding steroid dienone is 2. The monoisotopic (exact) mass is 361 g/mol. The smallest absolute Gasteiger partial charge is 0.286 e. The molecular formula is C19H18F3N3O. The zero-order valence-electron chi connectivity index (χ0n) is 14.6. The molecule has 0 aliphatic carbocycles. The first-order valence-electron chi connectivity index (χ1n) is 7.77. The van der Waals surface area contributed by atoms with Crippen molar-refractivity contribution in [1.82, 2.24) is 9.97 Å². The summed E-state index contributed by atoms with van der Waals surface area (Å²) in [5, 5.41) is 0. The average molecular weight is 361 g/mol. The number of nitrogens with zero attached hydrogens (tertiary/aromatic N) is 3. The number of aliphatic imine (C=N–C) groups is 1. The van der Waals surface area contributed by atoms with Gasteiger partial charge in [-0.25, -0.2) is 9.38 Å². The molecule has 0 fully saturated rings. The maximum Gasteiger partial charge on any atom is 0.286 e. The second-order valence-corrected chi connectivity index (χ2v) is 5.55. The standard InChI is InChI=1S/C19H18F3N3O/c1-13-15(10-23-12-17(13)20)6-4-5-9-24-14(2)26-16-7-8-18(25-11-16)19(3,21)22/h4-12H,1-3H3/b6-4+,9-5-,24-14?. The molecule has 0 aliphatic heterocycles. The fraction of sp³-hybridized carbons (Fsp3) is 0.211. The highest BCUT2D eigenvalue weighted by Crippen LogP contribution is 2.25. The van der Waals surface area contributed by atoms with E-state index in [1.54, 1.807) is 38.3 Å². The molecule has 2 aromatic heterocycles. The zero-order valence-corrected chi connectivity index (χ0v) is 14.6. The largest absolute Gasteiger partial charge is 0.442 e. The molecule has 0 saturated carbocycles. The van der Waals surface area contributed by atoms with Crippen molar-refractivity contribution in [2.24, 2.45) is 4.99 Å². The Morgan fingerprint density at radius 2 is 1.96 bits per heavy atom. The van der Waals surface area contributed by atoms with Crippen molar-refractivity contribution in [3.8, 4) is 5.75 Å². The molecule has 0 aromatic carbocycles. The molecule has 2 heterocycles. The van der Waals surface area contributed by atoms with Crippen LogP contribution in [0.3, 0.4) is 0 Å². The first kappa shape index (κ1) is 19.4. The van der Waals surface area contributed by atoms with Crippen LogP contribution in [0.15, 0.2) is 54.1 Å². The first-order valence-corrected chi connectivity index (χ1v) is 7.77. The summed E-state index contributed by atoms with van der Waals surface area (Å²) in [7, 11) is 0. The van der Waals surface area contributed by atoms with E-state index in [1.807, 2.05) is 0 Å². The topological polar surface area (TPSA) is 47.4 Å². The molecule has 2 rings (SSSR count). The molecule has 2 aromatic rings. The van der Waals surface area contributed by atoms with Crippen molar-refractivity contribution < 1.29 is 17.9 Å². The van der Waals surface area contributed by atoms with Crippen molar-refractivity contribution in [2.75, 3.05) is 0 Å². The Morgan fingerprint density at radius 3 is 2.62 bits per heavy atom. The predicted octanol–water partition coefficient (Wildman–Crippen LogP) is 5.06.